The van der Waals surface area contributed by atoms with E-state index in [1.165, 1.54) is 0 Å². The van der Waals surface area contributed by atoms with Crippen molar-refractivity contribution in [2.45, 2.75) is 32.2 Å². The predicted molar refractivity (Wildman–Crippen MR) is 66.1 cm³/mol. The van der Waals surface area contributed by atoms with Crippen molar-refractivity contribution in [1.82, 2.24) is 4.98 Å². The van der Waals surface area contributed by atoms with Crippen LogP contribution < -0.4 is 5.32 Å². The molecule has 0 fully saturated rings. The molecule has 0 spiro atoms. The average molecular weight is 215 g/mol. The first kappa shape index (κ1) is 12.3. The molecule has 0 bridgehead atoms. The number of hydrogen-bond donors (Lipinski definition) is 1. The average Bonchev–Trinajstić information content (AvgIpc) is 2.30. The molecule has 0 aliphatic heterocycles. The highest BCUT2D eigenvalue weighted by molar-refractivity contribution is 5.43. The van der Waals surface area contributed by atoms with Gasteiger partial charge in [0.1, 0.15) is 11.8 Å². The Kier molecular flexibility index (Phi) is 5.07. The van der Waals surface area contributed by atoms with Crippen molar-refractivity contribution in [3.63, 3.8) is 0 Å². The predicted octanol–water partition coefficient (Wildman–Crippen LogP) is 3.11. The first-order chi connectivity index (χ1) is 7.76. The summed E-state index contributed by atoms with van der Waals surface area (Å²) in [5, 5.41) is 12.0. The molecule has 0 amide bonds. The molecule has 1 rings (SSSR count). The van der Waals surface area contributed by atoms with Gasteiger partial charge in [0.05, 0.1) is 11.9 Å². The maximum atomic E-state index is 8.61. The Labute approximate surface area is 96.8 Å². The van der Waals surface area contributed by atoms with E-state index in [0.717, 1.165) is 24.9 Å². The minimum Gasteiger partial charge on any atom is -0.381 e. The van der Waals surface area contributed by atoms with E-state index in [0.29, 0.717) is 11.7 Å². The zero-order chi connectivity index (χ0) is 11.8. The van der Waals surface area contributed by atoms with Crippen LogP contribution >= 0.6 is 0 Å². The third-order valence-electron chi connectivity index (χ3n) is 2.34. The molecular weight excluding hydrogens is 198 g/mol. The van der Waals surface area contributed by atoms with Crippen LogP contribution in [0.2, 0.25) is 0 Å². The van der Waals surface area contributed by atoms with Crippen molar-refractivity contribution < 1.29 is 0 Å². The lowest BCUT2D eigenvalue weighted by Crippen LogP contribution is -2.14. The van der Waals surface area contributed by atoms with Crippen molar-refractivity contribution in [2.75, 3.05) is 5.32 Å². The van der Waals surface area contributed by atoms with Crippen molar-refractivity contribution in [1.29, 1.82) is 5.26 Å². The third-order valence-corrected chi connectivity index (χ3v) is 2.34. The standard InChI is InChI=1S/C13H17N3/c1-3-4-5-6-11(2)16-13-8-7-12(9-14)15-10-13/h3,7-8,10-11,16H,1,4-6H2,2H3. The first-order valence-electron chi connectivity index (χ1n) is 5.50. The highest BCUT2D eigenvalue weighted by Gasteiger charge is 2.01. The fraction of sp³-hybridized carbons (Fsp3) is 0.385. The monoisotopic (exact) mass is 215 g/mol. The Bertz CT molecular complexity index is 362. The molecule has 1 aromatic heterocycles. The van der Waals surface area contributed by atoms with Gasteiger partial charge in [0.2, 0.25) is 0 Å². The molecule has 16 heavy (non-hydrogen) atoms. The van der Waals surface area contributed by atoms with E-state index < -0.39 is 0 Å². The van der Waals surface area contributed by atoms with Crippen LogP contribution in [0.15, 0.2) is 31.0 Å². The summed E-state index contributed by atoms with van der Waals surface area (Å²) < 4.78 is 0. The van der Waals surface area contributed by atoms with Crippen molar-refractivity contribution in [3.05, 3.63) is 36.7 Å². The number of nitrogens with zero attached hydrogens (tertiary/aromatic N) is 2. The molecule has 0 aromatic carbocycles. The van der Waals surface area contributed by atoms with Crippen molar-refractivity contribution in [3.8, 4) is 6.07 Å². The maximum Gasteiger partial charge on any atom is 0.140 e. The Hall–Kier alpha value is -1.82. The smallest absolute Gasteiger partial charge is 0.140 e. The first-order valence-corrected chi connectivity index (χ1v) is 5.50. The SMILES string of the molecule is C=CCCCC(C)Nc1ccc(C#N)nc1. The molecule has 1 unspecified atom stereocenters. The molecule has 1 N–H and O–H groups in total. The van der Waals surface area contributed by atoms with Crippen LogP contribution in [-0.2, 0) is 0 Å². The van der Waals surface area contributed by atoms with E-state index in [4.69, 9.17) is 5.26 Å². The summed E-state index contributed by atoms with van der Waals surface area (Å²) in [5.74, 6) is 0. The number of aromatic nitrogens is 1. The third kappa shape index (κ3) is 4.14. The summed E-state index contributed by atoms with van der Waals surface area (Å²) >= 11 is 0. The summed E-state index contributed by atoms with van der Waals surface area (Å²) in [6.45, 7) is 5.84. The molecule has 0 aliphatic carbocycles. The second-order valence-electron chi connectivity index (χ2n) is 3.81. The molecule has 0 radical (unpaired) electrons. The van der Waals surface area contributed by atoms with Crippen LogP contribution in [0.25, 0.3) is 0 Å². The molecule has 3 heteroatoms. The van der Waals surface area contributed by atoms with Gasteiger partial charge in [-0.25, -0.2) is 4.98 Å². The number of hydrogen-bond acceptors (Lipinski definition) is 3. The Morgan fingerprint density at radius 3 is 3.00 bits per heavy atom. The molecule has 1 heterocycles. The van der Waals surface area contributed by atoms with Gasteiger partial charge in [0.15, 0.2) is 0 Å². The highest BCUT2D eigenvalue weighted by Crippen LogP contribution is 2.10. The lowest BCUT2D eigenvalue weighted by Gasteiger charge is -2.14. The van der Waals surface area contributed by atoms with Crippen LogP contribution in [0, 0.1) is 11.3 Å². The molecule has 3 nitrogen and oxygen atoms in total. The van der Waals surface area contributed by atoms with Gasteiger partial charge in [0, 0.05) is 6.04 Å². The minimum atomic E-state index is 0.412. The normalized spacial score (nSPS) is 11.5. The van der Waals surface area contributed by atoms with Gasteiger partial charge >= 0.3 is 0 Å². The lowest BCUT2D eigenvalue weighted by molar-refractivity contribution is 0.663. The van der Waals surface area contributed by atoms with E-state index in [9.17, 15) is 0 Å². The van der Waals surface area contributed by atoms with Gasteiger partial charge in [-0.2, -0.15) is 5.26 Å². The van der Waals surface area contributed by atoms with Gasteiger partial charge in [-0.15, -0.1) is 6.58 Å². The van der Waals surface area contributed by atoms with E-state index in [-0.39, 0.29) is 0 Å². The molecule has 0 saturated heterocycles. The van der Waals surface area contributed by atoms with Gasteiger partial charge in [-0.1, -0.05) is 6.08 Å². The second-order valence-corrected chi connectivity index (χ2v) is 3.81. The van der Waals surface area contributed by atoms with Gasteiger partial charge in [-0.05, 0) is 38.3 Å². The van der Waals surface area contributed by atoms with Crippen molar-refractivity contribution in [2.24, 2.45) is 0 Å². The maximum absolute atomic E-state index is 8.61. The summed E-state index contributed by atoms with van der Waals surface area (Å²) in [6, 6.07) is 6.02. The molecule has 0 aliphatic rings. The van der Waals surface area contributed by atoms with Crippen LogP contribution in [0.1, 0.15) is 31.9 Å². The van der Waals surface area contributed by atoms with Gasteiger partial charge < -0.3 is 5.32 Å². The molecule has 1 aromatic rings. The Balaban J connectivity index is 2.40. The Morgan fingerprint density at radius 1 is 1.62 bits per heavy atom. The van der Waals surface area contributed by atoms with E-state index in [1.807, 2.05) is 18.2 Å². The molecule has 0 saturated carbocycles. The zero-order valence-corrected chi connectivity index (χ0v) is 9.61. The van der Waals surface area contributed by atoms with E-state index in [1.54, 1.807) is 12.3 Å². The van der Waals surface area contributed by atoms with Gasteiger partial charge in [0.25, 0.3) is 0 Å². The lowest BCUT2D eigenvalue weighted by atomic mass is 10.1. The fourth-order valence-electron chi connectivity index (χ4n) is 1.47. The van der Waals surface area contributed by atoms with Crippen LogP contribution in [0.3, 0.4) is 0 Å². The van der Waals surface area contributed by atoms with Crippen molar-refractivity contribution >= 4 is 5.69 Å². The number of pyridine rings is 1. The van der Waals surface area contributed by atoms with E-state index in [2.05, 4.69) is 23.8 Å². The number of rotatable bonds is 6. The zero-order valence-electron chi connectivity index (χ0n) is 9.61. The number of allylic oxidation sites excluding steroid dienone is 1. The number of nitriles is 1. The number of unbranched alkanes of at least 4 members (excludes halogenated alkanes) is 1. The molecular formula is C13H17N3. The van der Waals surface area contributed by atoms with E-state index >= 15 is 0 Å². The number of anilines is 1. The largest absolute Gasteiger partial charge is 0.381 e. The summed E-state index contributed by atoms with van der Waals surface area (Å²) in [6.07, 6.45) is 6.93. The van der Waals surface area contributed by atoms with Crippen LogP contribution in [0.5, 0.6) is 0 Å². The molecule has 1 atom stereocenters. The highest BCUT2D eigenvalue weighted by atomic mass is 14.9. The van der Waals surface area contributed by atoms with Gasteiger partial charge in [-0.3, -0.25) is 0 Å². The Morgan fingerprint density at radius 2 is 2.44 bits per heavy atom. The quantitative estimate of drug-likeness (QED) is 0.586. The van der Waals surface area contributed by atoms with Crippen LogP contribution in [0.4, 0.5) is 5.69 Å². The second kappa shape index (κ2) is 6.62. The fourth-order valence-corrected chi connectivity index (χ4v) is 1.47. The summed E-state index contributed by atoms with van der Waals surface area (Å²) in [4.78, 5) is 4.01. The topological polar surface area (TPSA) is 48.7 Å². The number of nitrogens with one attached hydrogen (secondary N) is 1. The minimum absolute atomic E-state index is 0.412. The molecule has 84 valence electrons. The summed E-state index contributed by atoms with van der Waals surface area (Å²) in [5.41, 5.74) is 1.41. The van der Waals surface area contributed by atoms with Crippen LogP contribution in [-0.4, -0.2) is 11.0 Å². The summed E-state index contributed by atoms with van der Waals surface area (Å²) in [7, 11) is 0.